The Morgan fingerprint density at radius 3 is 2.31 bits per heavy atom. The van der Waals surface area contributed by atoms with Crippen LogP contribution in [0.5, 0.6) is 0 Å². The fourth-order valence-corrected chi connectivity index (χ4v) is 5.99. The van der Waals surface area contributed by atoms with E-state index >= 15 is 0 Å². The maximum Gasteiger partial charge on any atom is 0.144 e. The quantitative estimate of drug-likeness (QED) is 0.266. The summed E-state index contributed by atoms with van der Waals surface area (Å²) in [7, 11) is 0. The summed E-state index contributed by atoms with van der Waals surface area (Å²) in [5, 5.41) is 4.95. The second-order valence-corrected chi connectivity index (χ2v) is 11.2. The molecule has 5 aromatic rings. The molecule has 0 atom stereocenters. The van der Waals surface area contributed by atoms with Crippen LogP contribution < -0.4 is 0 Å². The van der Waals surface area contributed by atoms with Gasteiger partial charge in [-0.15, -0.1) is 0 Å². The van der Waals surface area contributed by atoms with Crippen LogP contribution in [0.15, 0.2) is 59.1 Å². The smallest absolute Gasteiger partial charge is 0.144 e. The maximum atomic E-state index is 6.55. The molecule has 1 fully saturated rings. The highest BCUT2D eigenvalue weighted by Crippen LogP contribution is 2.42. The van der Waals surface area contributed by atoms with E-state index < -0.39 is 0 Å². The Bertz CT molecular complexity index is 1560. The number of aromatic nitrogens is 1. The van der Waals surface area contributed by atoms with Gasteiger partial charge in [0.25, 0.3) is 0 Å². The van der Waals surface area contributed by atoms with Crippen LogP contribution in [-0.4, -0.2) is 4.98 Å². The van der Waals surface area contributed by atoms with Crippen molar-refractivity contribution in [2.75, 3.05) is 0 Å². The van der Waals surface area contributed by atoms with Gasteiger partial charge < -0.3 is 4.42 Å². The first-order valence-electron chi connectivity index (χ1n) is 13.3. The third-order valence-corrected chi connectivity index (χ3v) is 8.06. The van der Waals surface area contributed by atoms with E-state index in [9.17, 15) is 0 Å². The molecule has 2 nitrogen and oxygen atoms in total. The Kier molecular flexibility index (Phi) is 5.44. The predicted molar refractivity (Wildman–Crippen MR) is 149 cm³/mol. The molecule has 3 aromatic carbocycles. The van der Waals surface area contributed by atoms with Gasteiger partial charge in [-0.3, -0.25) is 4.98 Å². The molecule has 0 amide bonds. The fourth-order valence-electron chi connectivity index (χ4n) is 5.99. The molecule has 6 rings (SSSR count). The lowest BCUT2D eigenvalue weighted by molar-refractivity contribution is 0.669. The Hall–Kier alpha value is -3.13. The molecular formula is C33H35NO. The Morgan fingerprint density at radius 2 is 1.57 bits per heavy atom. The minimum Gasteiger partial charge on any atom is -0.455 e. The zero-order chi connectivity index (χ0) is 24.3. The molecule has 1 saturated carbocycles. The molecule has 2 heterocycles. The normalized spacial score (nSPS) is 14.9. The number of fused-ring (bicyclic) bond motifs is 4. The van der Waals surface area contributed by atoms with Crippen molar-refractivity contribution in [3.8, 4) is 11.3 Å². The first-order valence-corrected chi connectivity index (χ1v) is 13.3. The minimum atomic E-state index is 0.420. The van der Waals surface area contributed by atoms with Crippen LogP contribution in [-0.2, 0) is 0 Å². The van der Waals surface area contributed by atoms with E-state index in [0.29, 0.717) is 17.8 Å². The van der Waals surface area contributed by atoms with Gasteiger partial charge in [0.15, 0.2) is 0 Å². The number of pyridine rings is 1. The second kappa shape index (κ2) is 8.52. The maximum absolute atomic E-state index is 6.55. The van der Waals surface area contributed by atoms with E-state index in [0.717, 1.165) is 22.4 Å². The molecule has 1 aliphatic carbocycles. The molecule has 0 saturated heterocycles. The average molecular weight is 462 g/mol. The largest absolute Gasteiger partial charge is 0.455 e. The number of aryl methyl sites for hydroxylation is 1. The van der Waals surface area contributed by atoms with Crippen LogP contribution in [0.3, 0.4) is 0 Å². The summed E-state index contributed by atoms with van der Waals surface area (Å²) in [6, 6.07) is 18.3. The summed E-state index contributed by atoms with van der Waals surface area (Å²) < 4.78 is 6.55. The van der Waals surface area contributed by atoms with Gasteiger partial charge in [0.05, 0.1) is 5.69 Å². The van der Waals surface area contributed by atoms with Crippen LogP contribution in [0.2, 0.25) is 0 Å². The number of hydrogen-bond acceptors (Lipinski definition) is 2. The highest BCUT2D eigenvalue weighted by atomic mass is 16.3. The van der Waals surface area contributed by atoms with Crippen LogP contribution in [0, 0.1) is 6.92 Å². The van der Waals surface area contributed by atoms with Crippen molar-refractivity contribution >= 4 is 32.7 Å². The van der Waals surface area contributed by atoms with Gasteiger partial charge >= 0.3 is 0 Å². The minimum absolute atomic E-state index is 0.420. The predicted octanol–water partition coefficient (Wildman–Crippen LogP) is 10.0. The molecule has 2 aromatic heterocycles. The molecule has 0 aliphatic heterocycles. The molecular weight excluding hydrogens is 426 g/mol. The summed E-state index contributed by atoms with van der Waals surface area (Å²) in [5.41, 5.74) is 9.40. The van der Waals surface area contributed by atoms with Crippen LogP contribution in [0.25, 0.3) is 44.0 Å². The van der Waals surface area contributed by atoms with Crippen molar-refractivity contribution in [3.05, 3.63) is 77.0 Å². The summed E-state index contributed by atoms with van der Waals surface area (Å²) in [5.74, 6) is 1.54. The zero-order valence-corrected chi connectivity index (χ0v) is 21.6. The van der Waals surface area contributed by atoms with E-state index in [1.807, 2.05) is 0 Å². The second-order valence-electron chi connectivity index (χ2n) is 11.2. The third kappa shape index (κ3) is 3.75. The van der Waals surface area contributed by atoms with Gasteiger partial charge in [0.1, 0.15) is 11.2 Å². The molecule has 0 spiro atoms. The zero-order valence-electron chi connectivity index (χ0n) is 21.6. The number of rotatable bonds is 4. The van der Waals surface area contributed by atoms with Gasteiger partial charge in [0, 0.05) is 27.9 Å². The third-order valence-electron chi connectivity index (χ3n) is 8.06. The van der Waals surface area contributed by atoms with Crippen molar-refractivity contribution in [1.82, 2.24) is 4.98 Å². The standard InChI is InChI=1S/C33H35NO/c1-19(2)24-16-28-25-12-10-21(5)14-31(25)35-33(28)29(17-24)32-26-13-11-23(22-8-6-7-9-22)15-27(26)30(18-34-32)20(3)4/h10-20,22H,6-9H2,1-5H3. The van der Waals surface area contributed by atoms with E-state index in [1.165, 1.54) is 69.5 Å². The Balaban J connectivity index is 1.66. The van der Waals surface area contributed by atoms with E-state index in [2.05, 4.69) is 89.3 Å². The van der Waals surface area contributed by atoms with Gasteiger partial charge in [0.2, 0.25) is 0 Å². The van der Waals surface area contributed by atoms with Crippen LogP contribution in [0.4, 0.5) is 0 Å². The number of furan rings is 1. The molecule has 0 N–H and O–H groups in total. The Morgan fingerprint density at radius 1 is 0.800 bits per heavy atom. The van der Waals surface area contributed by atoms with Crippen molar-refractivity contribution in [3.63, 3.8) is 0 Å². The van der Waals surface area contributed by atoms with Crippen molar-refractivity contribution in [2.45, 2.75) is 78.1 Å². The highest BCUT2D eigenvalue weighted by Gasteiger charge is 2.22. The molecule has 0 radical (unpaired) electrons. The van der Waals surface area contributed by atoms with Gasteiger partial charge in [-0.1, -0.05) is 70.9 Å². The lowest BCUT2D eigenvalue weighted by Crippen LogP contribution is -1.99. The van der Waals surface area contributed by atoms with Crippen molar-refractivity contribution in [2.24, 2.45) is 0 Å². The summed E-state index contributed by atoms with van der Waals surface area (Å²) >= 11 is 0. The lowest BCUT2D eigenvalue weighted by atomic mass is 9.89. The molecule has 2 heteroatoms. The first-order chi connectivity index (χ1) is 16.9. The SMILES string of the molecule is Cc1ccc2c(c1)oc1c(-c3ncc(C(C)C)c4cc(C5CCCC5)ccc34)cc(C(C)C)cc12. The molecule has 0 bridgehead atoms. The first kappa shape index (κ1) is 22.3. The number of benzene rings is 3. The van der Waals surface area contributed by atoms with Gasteiger partial charge in [-0.2, -0.15) is 0 Å². The van der Waals surface area contributed by atoms with Gasteiger partial charge in [-0.25, -0.2) is 0 Å². The van der Waals surface area contributed by atoms with E-state index in [-0.39, 0.29) is 0 Å². The summed E-state index contributed by atoms with van der Waals surface area (Å²) in [6.07, 6.45) is 7.45. The van der Waals surface area contributed by atoms with Gasteiger partial charge in [-0.05, 0) is 83.4 Å². The van der Waals surface area contributed by atoms with Crippen LogP contribution in [0.1, 0.15) is 93.4 Å². The molecule has 1 aliphatic rings. The monoisotopic (exact) mass is 461 g/mol. The lowest BCUT2D eigenvalue weighted by Gasteiger charge is -2.17. The summed E-state index contributed by atoms with van der Waals surface area (Å²) in [4.78, 5) is 5.10. The topological polar surface area (TPSA) is 26.0 Å². The van der Waals surface area contributed by atoms with E-state index in [1.54, 1.807) is 0 Å². The van der Waals surface area contributed by atoms with Crippen LogP contribution >= 0.6 is 0 Å². The molecule has 35 heavy (non-hydrogen) atoms. The average Bonchev–Trinajstić information content (AvgIpc) is 3.50. The molecule has 0 unspecified atom stereocenters. The highest BCUT2D eigenvalue weighted by molar-refractivity contribution is 6.12. The number of nitrogens with zero attached hydrogens (tertiary/aromatic N) is 1. The number of hydrogen-bond donors (Lipinski definition) is 0. The fraction of sp³-hybridized carbons (Fsp3) is 0.364. The summed E-state index contributed by atoms with van der Waals surface area (Å²) in [6.45, 7) is 11.2. The van der Waals surface area contributed by atoms with Crippen molar-refractivity contribution < 1.29 is 4.42 Å². The van der Waals surface area contributed by atoms with E-state index in [4.69, 9.17) is 9.40 Å². The molecule has 178 valence electrons. The Labute approximate surface area is 208 Å². The van der Waals surface area contributed by atoms with Crippen molar-refractivity contribution in [1.29, 1.82) is 0 Å².